The van der Waals surface area contributed by atoms with Gasteiger partial charge in [-0.15, -0.1) is 0 Å². The lowest BCUT2D eigenvalue weighted by Gasteiger charge is -2.35. The van der Waals surface area contributed by atoms with Crippen LogP contribution in [0.2, 0.25) is 0 Å². The summed E-state index contributed by atoms with van der Waals surface area (Å²) in [5.41, 5.74) is 0. The largest absolute Gasteiger partial charge is 0.337 e. The number of hydrogen-bond donors (Lipinski definition) is 1. The van der Waals surface area contributed by atoms with E-state index in [1.54, 1.807) is 0 Å². The standard InChI is InChI=1S/C21H40N4O/c1-19-6-13-23(14-7-19)17-10-22-21(26)25-15-8-20(9-16-25)18-24-11-4-2-3-5-12-24/h19-20H,2-18H2,1H3,(H,22,26). The van der Waals surface area contributed by atoms with Crippen LogP contribution in [-0.4, -0.2) is 79.6 Å². The second-order valence-corrected chi connectivity index (χ2v) is 8.90. The van der Waals surface area contributed by atoms with E-state index in [1.165, 1.54) is 84.1 Å². The Morgan fingerprint density at radius 3 is 2.15 bits per heavy atom. The molecule has 26 heavy (non-hydrogen) atoms. The fraction of sp³-hybridized carbons (Fsp3) is 0.952. The van der Waals surface area contributed by atoms with Gasteiger partial charge in [0.05, 0.1) is 0 Å². The molecule has 0 spiro atoms. The average molecular weight is 365 g/mol. The number of nitrogens with one attached hydrogen (secondary N) is 1. The minimum absolute atomic E-state index is 0.156. The van der Waals surface area contributed by atoms with E-state index in [9.17, 15) is 4.79 Å². The number of likely N-dealkylation sites (tertiary alicyclic amines) is 3. The lowest BCUT2D eigenvalue weighted by molar-refractivity contribution is 0.145. The molecular weight excluding hydrogens is 324 g/mol. The second kappa shape index (κ2) is 10.5. The number of carbonyl (C=O) groups is 1. The Morgan fingerprint density at radius 2 is 1.50 bits per heavy atom. The van der Waals surface area contributed by atoms with Crippen LogP contribution >= 0.6 is 0 Å². The lowest BCUT2D eigenvalue weighted by Crippen LogP contribution is -2.48. The highest BCUT2D eigenvalue weighted by Crippen LogP contribution is 2.20. The minimum atomic E-state index is 0.156. The molecular formula is C21H40N4O. The van der Waals surface area contributed by atoms with E-state index in [1.807, 2.05) is 4.90 Å². The maximum Gasteiger partial charge on any atom is 0.317 e. The number of nitrogens with zero attached hydrogens (tertiary/aromatic N) is 3. The molecule has 0 aromatic rings. The van der Waals surface area contributed by atoms with Crippen LogP contribution in [0.3, 0.4) is 0 Å². The van der Waals surface area contributed by atoms with Gasteiger partial charge in [-0.25, -0.2) is 4.79 Å². The monoisotopic (exact) mass is 364 g/mol. The molecule has 0 unspecified atom stereocenters. The average Bonchev–Trinajstić information content (AvgIpc) is 2.92. The first-order valence-corrected chi connectivity index (χ1v) is 11.2. The predicted molar refractivity (Wildman–Crippen MR) is 107 cm³/mol. The third kappa shape index (κ3) is 6.41. The van der Waals surface area contributed by atoms with Crippen LogP contribution in [0.1, 0.15) is 58.3 Å². The molecule has 3 aliphatic rings. The van der Waals surface area contributed by atoms with Crippen molar-refractivity contribution in [2.24, 2.45) is 11.8 Å². The molecule has 1 N–H and O–H groups in total. The Kier molecular flexibility index (Phi) is 8.06. The minimum Gasteiger partial charge on any atom is -0.337 e. The van der Waals surface area contributed by atoms with Crippen molar-refractivity contribution in [1.82, 2.24) is 20.0 Å². The molecule has 3 saturated heterocycles. The summed E-state index contributed by atoms with van der Waals surface area (Å²) in [5.74, 6) is 1.66. The zero-order valence-electron chi connectivity index (χ0n) is 16.9. The van der Waals surface area contributed by atoms with Crippen molar-refractivity contribution in [3.8, 4) is 0 Å². The third-order valence-corrected chi connectivity index (χ3v) is 6.70. The van der Waals surface area contributed by atoms with E-state index < -0.39 is 0 Å². The first kappa shape index (κ1) is 19.9. The van der Waals surface area contributed by atoms with Crippen molar-refractivity contribution in [2.75, 3.05) is 58.9 Å². The molecule has 0 bridgehead atoms. The van der Waals surface area contributed by atoms with E-state index in [4.69, 9.17) is 0 Å². The summed E-state index contributed by atoms with van der Waals surface area (Å²) in [5, 5.41) is 3.15. The molecule has 3 rings (SSSR count). The summed E-state index contributed by atoms with van der Waals surface area (Å²) in [6.45, 7) is 12.2. The van der Waals surface area contributed by atoms with Gasteiger partial charge in [0.1, 0.15) is 0 Å². The van der Waals surface area contributed by atoms with Crippen LogP contribution in [0.25, 0.3) is 0 Å². The van der Waals surface area contributed by atoms with Gasteiger partial charge in [-0.05, 0) is 76.5 Å². The van der Waals surface area contributed by atoms with Gasteiger partial charge < -0.3 is 20.0 Å². The Balaban J connectivity index is 1.28. The Morgan fingerprint density at radius 1 is 0.846 bits per heavy atom. The van der Waals surface area contributed by atoms with Gasteiger partial charge in [-0.1, -0.05) is 19.8 Å². The van der Waals surface area contributed by atoms with Crippen LogP contribution in [-0.2, 0) is 0 Å². The molecule has 0 saturated carbocycles. The topological polar surface area (TPSA) is 38.8 Å². The van der Waals surface area contributed by atoms with Crippen LogP contribution in [0.15, 0.2) is 0 Å². The Bertz CT molecular complexity index is 406. The Hall–Kier alpha value is -0.810. The molecule has 2 amide bonds. The molecule has 5 nitrogen and oxygen atoms in total. The number of carbonyl (C=O) groups excluding carboxylic acids is 1. The highest BCUT2D eigenvalue weighted by atomic mass is 16.2. The summed E-state index contributed by atoms with van der Waals surface area (Å²) < 4.78 is 0. The van der Waals surface area contributed by atoms with Crippen LogP contribution in [0.5, 0.6) is 0 Å². The van der Waals surface area contributed by atoms with Crippen molar-refractivity contribution >= 4 is 6.03 Å². The summed E-state index contributed by atoms with van der Waals surface area (Å²) in [6, 6.07) is 0.156. The van der Waals surface area contributed by atoms with Crippen molar-refractivity contribution in [3.05, 3.63) is 0 Å². The number of rotatable bonds is 5. The van der Waals surface area contributed by atoms with Gasteiger partial charge in [0.15, 0.2) is 0 Å². The zero-order valence-corrected chi connectivity index (χ0v) is 16.9. The van der Waals surface area contributed by atoms with Crippen LogP contribution in [0.4, 0.5) is 4.79 Å². The third-order valence-electron chi connectivity index (χ3n) is 6.70. The van der Waals surface area contributed by atoms with E-state index in [0.717, 1.165) is 38.0 Å². The molecule has 0 aromatic heterocycles. The maximum atomic E-state index is 12.4. The summed E-state index contributed by atoms with van der Waals surface area (Å²) in [6.07, 6.45) is 10.5. The summed E-state index contributed by atoms with van der Waals surface area (Å²) in [7, 11) is 0. The summed E-state index contributed by atoms with van der Waals surface area (Å²) in [4.78, 5) is 19.6. The number of piperidine rings is 2. The molecule has 5 heteroatoms. The van der Waals surface area contributed by atoms with E-state index in [2.05, 4.69) is 22.0 Å². The summed E-state index contributed by atoms with van der Waals surface area (Å²) >= 11 is 0. The molecule has 0 aromatic carbocycles. The fourth-order valence-corrected chi connectivity index (χ4v) is 4.72. The number of amides is 2. The lowest BCUT2D eigenvalue weighted by atomic mass is 9.96. The first-order chi connectivity index (χ1) is 12.7. The molecule has 3 heterocycles. The zero-order chi connectivity index (χ0) is 18.2. The molecule has 0 radical (unpaired) electrons. The molecule has 3 fully saturated rings. The van der Waals surface area contributed by atoms with Crippen molar-refractivity contribution in [2.45, 2.75) is 58.3 Å². The normalized spacial score (nSPS) is 25.2. The van der Waals surface area contributed by atoms with Gasteiger partial charge >= 0.3 is 6.03 Å². The van der Waals surface area contributed by atoms with Crippen molar-refractivity contribution in [1.29, 1.82) is 0 Å². The van der Waals surface area contributed by atoms with E-state index >= 15 is 0 Å². The molecule has 0 atom stereocenters. The van der Waals surface area contributed by atoms with Gasteiger partial charge in [0.2, 0.25) is 0 Å². The molecule has 0 aliphatic carbocycles. The number of urea groups is 1. The number of hydrogen-bond acceptors (Lipinski definition) is 3. The Labute approximate surface area is 160 Å². The smallest absolute Gasteiger partial charge is 0.317 e. The highest BCUT2D eigenvalue weighted by Gasteiger charge is 2.24. The molecule has 150 valence electrons. The van der Waals surface area contributed by atoms with Gasteiger partial charge in [-0.3, -0.25) is 0 Å². The maximum absolute atomic E-state index is 12.4. The predicted octanol–water partition coefficient (Wildman–Crippen LogP) is 3.02. The van der Waals surface area contributed by atoms with Crippen molar-refractivity contribution in [3.63, 3.8) is 0 Å². The fourth-order valence-electron chi connectivity index (χ4n) is 4.72. The van der Waals surface area contributed by atoms with Gasteiger partial charge in [0.25, 0.3) is 0 Å². The quantitative estimate of drug-likeness (QED) is 0.815. The highest BCUT2D eigenvalue weighted by molar-refractivity contribution is 5.74. The van der Waals surface area contributed by atoms with E-state index in [-0.39, 0.29) is 6.03 Å². The second-order valence-electron chi connectivity index (χ2n) is 8.90. The van der Waals surface area contributed by atoms with E-state index in [0.29, 0.717) is 0 Å². The van der Waals surface area contributed by atoms with Crippen LogP contribution < -0.4 is 5.32 Å². The van der Waals surface area contributed by atoms with Crippen LogP contribution in [0, 0.1) is 11.8 Å². The van der Waals surface area contributed by atoms with Crippen molar-refractivity contribution < 1.29 is 4.79 Å². The molecule has 3 aliphatic heterocycles. The SMILES string of the molecule is CC1CCN(CCNC(=O)N2CCC(CN3CCCCCC3)CC2)CC1. The first-order valence-electron chi connectivity index (χ1n) is 11.2. The van der Waals surface area contributed by atoms with Gasteiger partial charge in [-0.2, -0.15) is 0 Å². The van der Waals surface area contributed by atoms with Gasteiger partial charge in [0, 0.05) is 32.7 Å².